The molecule has 0 aromatic heterocycles. The average molecular weight is 367 g/mol. The summed E-state index contributed by atoms with van der Waals surface area (Å²) in [6.07, 6.45) is 0.468. The van der Waals surface area contributed by atoms with Crippen LogP contribution >= 0.6 is 0 Å². The van der Waals surface area contributed by atoms with Crippen LogP contribution in [0.1, 0.15) is 24.0 Å². The van der Waals surface area contributed by atoms with Gasteiger partial charge >= 0.3 is 0 Å². The maximum atomic E-state index is 12.8. The van der Waals surface area contributed by atoms with Gasteiger partial charge in [-0.2, -0.15) is 0 Å². The lowest BCUT2D eigenvalue weighted by atomic mass is 9.98. The number of rotatable bonds is 7. The van der Waals surface area contributed by atoms with Gasteiger partial charge in [-0.1, -0.05) is 42.5 Å². The molecule has 0 saturated carbocycles. The minimum atomic E-state index is -0.585. The Morgan fingerprint density at radius 1 is 0.926 bits per heavy atom. The second-order valence-electron chi connectivity index (χ2n) is 7.19. The van der Waals surface area contributed by atoms with E-state index in [-0.39, 0.29) is 17.7 Å². The van der Waals surface area contributed by atoms with Gasteiger partial charge in [0.25, 0.3) is 0 Å². The van der Waals surface area contributed by atoms with Crippen LogP contribution in [0.5, 0.6) is 0 Å². The number of amides is 2. The van der Waals surface area contributed by atoms with Gasteiger partial charge in [-0.3, -0.25) is 9.59 Å². The summed E-state index contributed by atoms with van der Waals surface area (Å²) in [7, 11) is 7.37. The standard InChI is InChI=1S/C22H29N3O2/c1-16(18-11-13-19(14-12-18)24(2)3)21(26)23-20(22(27)25(4)5)15-17-9-7-6-8-10-17/h6-14,16,20H,15H2,1-5H3,(H,23,26)/t16?,20-/m1/s1. The topological polar surface area (TPSA) is 52.7 Å². The molecule has 0 heterocycles. The van der Waals surface area contributed by atoms with Crippen molar-refractivity contribution < 1.29 is 9.59 Å². The molecule has 0 saturated heterocycles. The third-order valence-corrected chi connectivity index (χ3v) is 4.64. The van der Waals surface area contributed by atoms with Crippen molar-refractivity contribution in [3.63, 3.8) is 0 Å². The molecule has 0 bridgehead atoms. The van der Waals surface area contributed by atoms with Gasteiger partial charge in [0.05, 0.1) is 5.92 Å². The van der Waals surface area contributed by atoms with Crippen molar-refractivity contribution in [1.29, 1.82) is 0 Å². The van der Waals surface area contributed by atoms with Gasteiger partial charge < -0.3 is 15.1 Å². The molecular weight excluding hydrogens is 338 g/mol. The van der Waals surface area contributed by atoms with E-state index in [1.54, 1.807) is 14.1 Å². The summed E-state index contributed by atoms with van der Waals surface area (Å²) in [5.74, 6) is -0.597. The zero-order chi connectivity index (χ0) is 20.0. The zero-order valence-corrected chi connectivity index (χ0v) is 16.8. The molecule has 2 amide bonds. The van der Waals surface area contributed by atoms with Crippen LogP contribution in [-0.2, 0) is 16.0 Å². The monoisotopic (exact) mass is 367 g/mol. The number of nitrogens with zero attached hydrogens (tertiary/aromatic N) is 2. The lowest BCUT2D eigenvalue weighted by Gasteiger charge is -2.24. The molecule has 0 aliphatic rings. The number of hydrogen-bond acceptors (Lipinski definition) is 3. The van der Waals surface area contributed by atoms with Crippen LogP contribution < -0.4 is 10.2 Å². The highest BCUT2D eigenvalue weighted by Crippen LogP contribution is 2.20. The van der Waals surface area contributed by atoms with Gasteiger partial charge in [-0.05, 0) is 30.2 Å². The maximum absolute atomic E-state index is 12.8. The van der Waals surface area contributed by atoms with Crippen LogP contribution in [0.4, 0.5) is 5.69 Å². The van der Waals surface area contributed by atoms with E-state index in [0.29, 0.717) is 6.42 Å². The third-order valence-electron chi connectivity index (χ3n) is 4.64. The Labute approximate surface area is 162 Å². The fourth-order valence-electron chi connectivity index (χ4n) is 2.87. The van der Waals surface area contributed by atoms with Crippen LogP contribution in [0.25, 0.3) is 0 Å². The Morgan fingerprint density at radius 2 is 1.52 bits per heavy atom. The lowest BCUT2D eigenvalue weighted by molar-refractivity contribution is -0.134. The van der Waals surface area contributed by atoms with Crippen LogP contribution in [0.3, 0.4) is 0 Å². The Bertz CT molecular complexity index is 755. The van der Waals surface area contributed by atoms with E-state index in [2.05, 4.69) is 5.32 Å². The normalized spacial score (nSPS) is 12.8. The fourth-order valence-corrected chi connectivity index (χ4v) is 2.87. The number of anilines is 1. The second kappa shape index (κ2) is 9.21. The predicted octanol–water partition coefficient (Wildman–Crippen LogP) is 2.67. The van der Waals surface area contributed by atoms with E-state index >= 15 is 0 Å². The zero-order valence-electron chi connectivity index (χ0n) is 16.8. The number of carbonyl (C=O) groups excluding carboxylic acids is 2. The Hall–Kier alpha value is -2.82. The number of nitrogens with one attached hydrogen (secondary N) is 1. The van der Waals surface area contributed by atoms with Crippen molar-refractivity contribution in [1.82, 2.24) is 10.2 Å². The molecule has 5 nitrogen and oxygen atoms in total. The molecule has 2 aromatic carbocycles. The number of benzene rings is 2. The van der Waals surface area contributed by atoms with Crippen molar-refractivity contribution in [2.24, 2.45) is 0 Å². The van der Waals surface area contributed by atoms with E-state index in [4.69, 9.17) is 0 Å². The Balaban J connectivity index is 2.12. The average Bonchev–Trinajstić information content (AvgIpc) is 2.67. The first kappa shape index (κ1) is 20.5. The minimum absolute atomic E-state index is 0.109. The fraction of sp³-hybridized carbons (Fsp3) is 0.364. The molecule has 5 heteroatoms. The van der Waals surface area contributed by atoms with Crippen molar-refractivity contribution in [2.75, 3.05) is 33.1 Å². The van der Waals surface area contributed by atoms with Crippen molar-refractivity contribution >= 4 is 17.5 Å². The maximum Gasteiger partial charge on any atom is 0.244 e. The van der Waals surface area contributed by atoms with Gasteiger partial charge in [0.1, 0.15) is 6.04 Å². The van der Waals surface area contributed by atoms with Gasteiger partial charge in [0.15, 0.2) is 0 Å². The van der Waals surface area contributed by atoms with Crippen LogP contribution in [0.15, 0.2) is 54.6 Å². The second-order valence-corrected chi connectivity index (χ2v) is 7.19. The molecule has 2 atom stereocenters. The largest absolute Gasteiger partial charge is 0.378 e. The highest BCUT2D eigenvalue weighted by Gasteiger charge is 2.25. The predicted molar refractivity (Wildman–Crippen MR) is 110 cm³/mol. The highest BCUT2D eigenvalue weighted by atomic mass is 16.2. The Kier molecular flexibility index (Phi) is 6.99. The van der Waals surface area contributed by atoms with E-state index in [1.807, 2.05) is 80.5 Å². The Morgan fingerprint density at radius 3 is 2.04 bits per heavy atom. The molecule has 0 radical (unpaired) electrons. The number of carbonyl (C=O) groups is 2. The van der Waals surface area contributed by atoms with Crippen molar-refractivity contribution in [3.8, 4) is 0 Å². The van der Waals surface area contributed by atoms with Crippen LogP contribution in [0.2, 0.25) is 0 Å². The molecule has 0 fully saturated rings. The summed E-state index contributed by atoms with van der Waals surface area (Å²) in [4.78, 5) is 28.9. The molecule has 2 aromatic rings. The molecule has 27 heavy (non-hydrogen) atoms. The third kappa shape index (κ3) is 5.58. The number of likely N-dealkylation sites (N-methyl/N-ethyl adjacent to an activating group) is 1. The van der Waals surface area contributed by atoms with E-state index in [1.165, 1.54) is 4.90 Å². The van der Waals surface area contributed by atoms with E-state index < -0.39 is 6.04 Å². The summed E-state index contributed by atoms with van der Waals surface area (Å²) in [6, 6.07) is 17.0. The van der Waals surface area contributed by atoms with Crippen molar-refractivity contribution in [2.45, 2.75) is 25.3 Å². The summed E-state index contributed by atoms with van der Waals surface area (Å²) < 4.78 is 0. The van der Waals surface area contributed by atoms with Gasteiger partial charge in [0.2, 0.25) is 11.8 Å². The van der Waals surface area contributed by atoms with Gasteiger partial charge in [-0.15, -0.1) is 0 Å². The molecule has 0 spiro atoms. The molecule has 1 N–H and O–H groups in total. The van der Waals surface area contributed by atoms with Gasteiger partial charge in [-0.25, -0.2) is 0 Å². The molecule has 1 unspecified atom stereocenters. The van der Waals surface area contributed by atoms with Gasteiger partial charge in [0, 0.05) is 40.3 Å². The quantitative estimate of drug-likeness (QED) is 0.819. The minimum Gasteiger partial charge on any atom is -0.378 e. The van der Waals surface area contributed by atoms with E-state index in [9.17, 15) is 9.59 Å². The summed E-state index contributed by atoms with van der Waals surface area (Å²) in [5.41, 5.74) is 3.02. The molecule has 0 aliphatic carbocycles. The van der Waals surface area contributed by atoms with Crippen LogP contribution in [-0.4, -0.2) is 50.9 Å². The SMILES string of the molecule is CC(C(=O)N[C@H](Cc1ccccc1)C(=O)N(C)C)c1ccc(N(C)C)cc1. The molecule has 0 aliphatic heterocycles. The van der Waals surface area contributed by atoms with Crippen LogP contribution in [0, 0.1) is 0 Å². The molecular formula is C22H29N3O2. The summed E-state index contributed by atoms with van der Waals surface area (Å²) in [6.45, 7) is 1.86. The highest BCUT2D eigenvalue weighted by molar-refractivity contribution is 5.90. The summed E-state index contributed by atoms with van der Waals surface area (Å²) >= 11 is 0. The summed E-state index contributed by atoms with van der Waals surface area (Å²) in [5, 5.41) is 2.94. The first-order chi connectivity index (χ1) is 12.8. The molecule has 2 rings (SSSR count). The number of hydrogen-bond donors (Lipinski definition) is 1. The van der Waals surface area contributed by atoms with E-state index in [0.717, 1.165) is 16.8 Å². The smallest absolute Gasteiger partial charge is 0.244 e. The van der Waals surface area contributed by atoms with Crippen molar-refractivity contribution in [3.05, 3.63) is 65.7 Å². The molecule has 144 valence electrons. The first-order valence-corrected chi connectivity index (χ1v) is 9.12. The lowest BCUT2D eigenvalue weighted by Crippen LogP contribution is -2.48. The first-order valence-electron chi connectivity index (χ1n) is 9.12.